The lowest BCUT2D eigenvalue weighted by molar-refractivity contribution is 0.409. The highest BCUT2D eigenvalue weighted by atomic mass is 79.9. The van der Waals surface area contributed by atoms with Crippen LogP contribution >= 0.6 is 15.9 Å². The first kappa shape index (κ1) is 14.0. The topological polar surface area (TPSA) is 34.4 Å². The number of aromatic nitrogens is 1. The summed E-state index contributed by atoms with van der Waals surface area (Å²) in [5, 5.41) is 12.2. The molecular weight excluding hydrogens is 330 g/mol. The molecule has 108 valence electrons. The quantitative estimate of drug-likeness (QED) is 0.770. The van der Waals surface area contributed by atoms with E-state index in [0.717, 1.165) is 32.3 Å². The monoisotopic (exact) mass is 345 g/mol. The number of hydrogen-bond donors (Lipinski definition) is 1. The van der Waals surface area contributed by atoms with Crippen molar-refractivity contribution in [1.82, 2.24) is 4.57 Å². The molecule has 0 fully saturated rings. The van der Waals surface area contributed by atoms with E-state index in [9.17, 15) is 5.11 Å². The highest BCUT2D eigenvalue weighted by Gasteiger charge is 2.15. The third-order valence-electron chi connectivity index (χ3n) is 3.80. The van der Waals surface area contributed by atoms with Gasteiger partial charge in [0, 0.05) is 40.0 Å². The molecule has 0 saturated heterocycles. The van der Waals surface area contributed by atoms with Gasteiger partial charge in [0.15, 0.2) is 5.88 Å². The molecule has 0 aliphatic heterocycles. The molecule has 3 aromatic rings. The molecule has 1 aromatic heterocycles. The van der Waals surface area contributed by atoms with Crippen molar-refractivity contribution in [3.63, 3.8) is 0 Å². The smallest absolute Gasteiger partial charge is 0.199 e. The number of ether oxygens (including phenoxy) is 1. The Bertz CT molecular complexity index is 808. The molecule has 2 aromatic carbocycles. The Hall–Kier alpha value is -1.94. The zero-order chi connectivity index (χ0) is 15.0. The Morgan fingerprint density at radius 2 is 1.86 bits per heavy atom. The van der Waals surface area contributed by atoms with Crippen molar-refractivity contribution < 1.29 is 9.84 Å². The zero-order valence-corrected chi connectivity index (χ0v) is 13.5. The molecule has 0 bridgehead atoms. The summed E-state index contributed by atoms with van der Waals surface area (Å²) in [7, 11) is 3.56. The molecule has 0 atom stereocenters. The number of rotatable bonds is 3. The molecule has 0 saturated carbocycles. The summed E-state index contributed by atoms with van der Waals surface area (Å²) in [6, 6.07) is 13.9. The van der Waals surface area contributed by atoms with Gasteiger partial charge >= 0.3 is 0 Å². The van der Waals surface area contributed by atoms with E-state index in [-0.39, 0.29) is 0 Å². The highest BCUT2D eigenvalue weighted by molar-refractivity contribution is 9.10. The van der Waals surface area contributed by atoms with Crippen molar-refractivity contribution in [3.8, 4) is 11.6 Å². The van der Waals surface area contributed by atoms with Crippen LogP contribution in [0.2, 0.25) is 0 Å². The molecule has 0 amide bonds. The van der Waals surface area contributed by atoms with Crippen LogP contribution in [-0.4, -0.2) is 16.8 Å². The van der Waals surface area contributed by atoms with Crippen LogP contribution in [0.25, 0.3) is 10.8 Å². The van der Waals surface area contributed by atoms with Crippen molar-refractivity contribution in [1.29, 1.82) is 0 Å². The fraction of sp³-hybridized carbons (Fsp3) is 0.176. The van der Waals surface area contributed by atoms with Crippen LogP contribution in [0.5, 0.6) is 11.6 Å². The van der Waals surface area contributed by atoms with Gasteiger partial charge in [-0.3, -0.25) is 0 Å². The highest BCUT2D eigenvalue weighted by Crippen LogP contribution is 2.33. The second-order valence-electron chi connectivity index (χ2n) is 5.01. The van der Waals surface area contributed by atoms with Gasteiger partial charge in [0.1, 0.15) is 5.75 Å². The van der Waals surface area contributed by atoms with E-state index in [0.29, 0.717) is 12.3 Å². The second kappa shape index (κ2) is 5.45. The number of aromatic hydroxyl groups is 1. The predicted octanol–water partition coefficient (Wildman–Crippen LogP) is 4.25. The number of hydrogen-bond acceptors (Lipinski definition) is 2. The Kier molecular flexibility index (Phi) is 3.64. The standard InChI is InChI=1S/C17H16BrNO2/c1-19-15(13-5-3-4-6-14(13)17(19)20)10-11-9-12(18)7-8-16(11)21-2/h3-9,20H,10H2,1-2H3. The number of fused-ring (bicyclic) bond motifs is 1. The summed E-state index contributed by atoms with van der Waals surface area (Å²) in [6.45, 7) is 0. The van der Waals surface area contributed by atoms with Gasteiger partial charge in [-0.1, -0.05) is 34.1 Å². The molecular formula is C17H16BrNO2. The molecule has 21 heavy (non-hydrogen) atoms. The van der Waals surface area contributed by atoms with Gasteiger partial charge in [0.25, 0.3) is 0 Å². The Morgan fingerprint density at radius 1 is 1.14 bits per heavy atom. The minimum absolute atomic E-state index is 0.301. The molecule has 0 spiro atoms. The van der Waals surface area contributed by atoms with Crippen LogP contribution in [0.1, 0.15) is 11.3 Å². The Morgan fingerprint density at radius 3 is 2.57 bits per heavy atom. The average molecular weight is 346 g/mol. The first-order chi connectivity index (χ1) is 10.1. The molecule has 1 heterocycles. The Balaban J connectivity index is 2.15. The van der Waals surface area contributed by atoms with Crippen molar-refractivity contribution in [2.75, 3.05) is 7.11 Å². The van der Waals surface area contributed by atoms with Crippen molar-refractivity contribution >= 4 is 26.7 Å². The summed E-state index contributed by atoms with van der Waals surface area (Å²) >= 11 is 3.50. The fourth-order valence-corrected chi connectivity index (χ4v) is 3.11. The van der Waals surface area contributed by atoms with Crippen molar-refractivity contribution in [2.45, 2.75) is 6.42 Å². The number of nitrogens with zero attached hydrogens (tertiary/aromatic N) is 1. The van der Waals surface area contributed by atoms with Gasteiger partial charge in [-0.05, 0) is 24.3 Å². The van der Waals surface area contributed by atoms with Gasteiger partial charge in [0.05, 0.1) is 7.11 Å². The normalized spacial score (nSPS) is 11.0. The first-order valence-electron chi connectivity index (χ1n) is 6.69. The summed E-state index contributed by atoms with van der Waals surface area (Å²) in [4.78, 5) is 0. The summed E-state index contributed by atoms with van der Waals surface area (Å²) in [6.07, 6.45) is 0.695. The van der Waals surface area contributed by atoms with Crippen molar-refractivity contribution in [3.05, 3.63) is 58.2 Å². The SMILES string of the molecule is COc1ccc(Br)cc1Cc1c2ccccc2c(O)n1C. The predicted molar refractivity (Wildman–Crippen MR) is 88.1 cm³/mol. The van der Waals surface area contributed by atoms with Gasteiger partial charge in [-0.25, -0.2) is 0 Å². The maximum absolute atomic E-state index is 10.3. The lowest BCUT2D eigenvalue weighted by Gasteiger charge is -2.10. The third-order valence-corrected chi connectivity index (χ3v) is 4.30. The van der Waals surface area contributed by atoms with Crippen LogP contribution in [0.3, 0.4) is 0 Å². The van der Waals surface area contributed by atoms with Crippen LogP contribution in [-0.2, 0) is 13.5 Å². The molecule has 1 N–H and O–H groups in total. The minimum atomic E-state index is 0.301. The van der Waals surface area contributed by atoms with E-state index in [1.807, 2.05) is 48.0 Å². The lowest BCUT2D eigenvalue weighted by Crippen LogP contribution is -2.00. The van der Waals surface area contributed by atoms with Crippen LogP contribution in [0, 0.1) is 0 Å². The number of methoxy groups -OCH3 is 1. The van der Waals surface area contributed by atoms with E-state index in [1.54, 1.807) is 7.11 Å². The zero-order valence-electron chi connectivity index (χ0n) is 11.9. The van der Waals surface area contributed by atoms with E-state index in [2.05, 4.69) is 22.0 Å². The summed E-state index contributed by atoms with van der Waals surface area (Å²) in [5.74, 6) is 1.15. The maximum Gasteiger partial charge on any atom is 0.199 e. The second-order valence-corrected chi connectivity index (χ2v) is 5.92. The van der Waals surface area contributed by atoms with Crippen molar-refractivity contribution in [2.24, 2.45) is 7.05 Å². The van der Waals surface area contributed by atoms with Crippen LogP contribution in [0.15, 0.2) is 46.9 Å². The number of benzene rings is 2. The summed E-state index contributed by atoms with van der Waals surface area (Å²) in [5.41, 5.74) is 2.15. The molecule has 3 nitrogen and oxygen atoms in total. The lowest BCUT2D eigenvalue weighted by atomic mass is 10.1. The number of halogens is 1. The summed E-state index contributed by atoms with van der Waals surface area (Å²) < 4.78 is 8.29. The van der Waals surface area contributed by atoms with Gasteiger partial charge < -0.3 is 14.4 Å². The fourth-order valence-electron chi connectivity index (χ4n) is 2.70. The maximum atomic E-state index is 10.3. The van der Waals surface area contributed by atoms with Crippen LogP contribution in [0.4, 0.5) is 0 Å². The Labute approximate surface area is 131 Å². The minimum Gasteiger partial charge on any atom is -0.496 e. The molecule has 0 unspecified atom stereocenters. The molecule has 3 rings (SSSR count). The van der Waals surface area contributed by atoms with Gasteiger partial charge in [-0.15, -0.1) is 0 Å². The van der Waals surface area contributed by atoms with Gasteiger partial charge in [0.2, 0.25) is 0 Å². The van der Waals surface area contributed by atoms with Crippen LogP contribution < -0.4 is 4.74 Å². The average Bonchev–Trinajstić information content (AvgIpc) is 2.73. The van der Waals surface area contributed by atoms with E-state index in [4.69, 9.17) is 4.74 Å². The molecule has 4 heteroatoms. The third kappa shape index (κ3) is 2.40. The molecule has 0 radical (unpaired) electrons. The van der Waals surface area contributed by atoms with E-state index < -0.39 is 0 Å². The molecule has 0 aliphatic rings. The molecule has 0 aliphatic carbocycles. The van der Waals surface area contributed by atoms with E-state index in [1.165, 1.54) is 0 Å². The van der Waals surface area contributed by atoms with Gasteiger partial charge in [-0.2, -0.15) is 0 Å². The van der Waals surface area contributed by atoms with E-state index >= 15 is 0 Å². The largest absolute Gasteiger partial charge is 0.496 e. The first-order valence-corrected chi connectivity index (χ1v) is 7.48.